The van der Waals surface area contributed by atoms with Gasteiger partial charge in [-0.15, -0.1) is 0 Å². The van der Waals surface area contributed by atoms with Crippen molar-refractivity contribution >= 4 is 0 Å². The Hall–Kier alpha value is -2.60. The molecule has 0 aliphatic heterocycles. The number of rotatable bonds is 10. The summed E-state index contributed by atoms with van der Waals surface area (Å²) in [6, 6.07) is 15.5. The number of aromatic nitrogens is 2. The normalized spacial score (nSPS) is 16.0. The quantitative estimate of drug-likeness (QED) is 0.318. The van der Waals surface area contributed by atoms with E-state index in [9.17, 15) is 10.2 Å². The summed E-state index contributed by atoms with van der Waals surface area (Å²) < 4.78 is 0. The molecule has 0 fully saturated rings. The molecule has 1 aliphatic carbocycles. The van der Waals surface area contributed by atoms with Crippen molar-refractivity contribution in [2.75, 3.05) is 7.05 Å². The molecule has 2 aromatic carbocycles. The molecule has 5 nitrogen and oxygen atoms in total. The van der Waals surface area contributed by atoms with Gasteiger partial charge < -0.3 is 10.2 Å². The second-order valence-electron chi connectivity index (χ2n) is 12.6. The van der Waals surface area contributed by atoms with Crippen molar-refractivity contribution in [2.45, 2.75) is 110 Å². The molecule has 3 aromatic rings. The van der Waals surface area contributed by atoms with Crippen LogP contribution in [0.15, 0.2) is 42.5 Å². The third-order valence-corrected chi connectivity index (χ3v) is 7.88. The van der Waals surface area contributed by atoms with Crippen molar-refractivity contribution < 1.29 is 10.2 Å². The predicted octanol–water partition coefficient (Wildman–Crippen LogP) is 6.40. The lowest BCUT2D eigenvalue weighted by molar-refractivity contribution is 0.0774. The highest BCUT2D eigenvalue weighted by Gasteiger charge is 2.29. The first kappa shape index (κ1) is 29.4. The Kier molecular flexibility index (Phi) is 8.95. The number of benzene rings is 2. The fourth-order valence-corrected chi connectivity index (χ4v) is 6.06. The van der Waals surface area contributed by atoms with Gasteiger partial charge >= 0.3 is 0 Å². The van der Waals surface area contributed by atoms with Gasteiger partial charge in [-0.1, -0.05) is 56.3 Å². The molecule has 1 atom stereocenters. The summed E-state index contributed by atoms with van der Waals surface area (Å²) in [6.07, 6.45) is 6.02. The third-order valence-electron chi connectivity index (χ3n) is 7.88. The number of aryl methyl sites for hydroxylation is 3. The van der Waals surface area contributed by atoms with Crippen LogP contribution in [-0.2, 0) is 38.6 Å². The molecule has 1 aliphatic rings. The summed E-state index contributed by atoms with van der Waals surface area (Å²) in [6.45, 7) is 12.4. The Morgan fingerprint density at radius 3 is 1.95 bits per heavy atom. The molecule has 2 N–H and O–H groups in total. The van der Waals surface area contributed by atoms with Gasteiger partial charge in [-0.2, -0.15) is 0 Å². The number of nitrogens with zero attached hydrogens (tertiary/aromatic N) is 3. The molecule has 0 spiro atoms. The molecule has 5 heteroatoms. The minimum absolute atomic E-state index is 0.312. The lowest BCUT2D eigenvalue weighted by Crippen LogP contribution is -2.32. The topological polar surface area (TPSA) is 69.5 Å². The zero-order chi connectivity index (χ0) is 28.4. The van der Waals surface area contributed by atoms with E-state index >= 15 is 0 Å². The van der Waals surface area contributed by atoms with Crippen molar-refractivity contribution in [3.05, 3.63) is 81.7 Å². The van der Waals surface area contributed by atoms with Gasteiger partial charge in [0.1, 0.15) is 0 Å². The van der Waals surface area contributed by atoms with Gasteiger partial charge in [0.25, 0.3) is 0 Å². The van der Waals surface area contributed by atoms with Gasteiger partial charge in [-0.25, -0.2) is 9.97 Å². The SMILES string of the molecule is CCc1cccc(CC)c1-c1nc(CC(C)(C)O)c(CN(C)C2CCCc3ccccc32)c(CC(C)(C)O)n1. The summed E-state index contributed by atoms with van der Waals surface area (Å²) in [5, 5.41) is 21.9. The van der Waals surface area contributed by atoms with E-state index in [0.29, 0.717) is 31.3 Å². The van der Waals surface area contributed by atoms with Gasteiger partial charge in [0.2, 0.25) is 0 Å². The van der Waals surface area contributed by atoms with E-state index in [0.717, 1.165) is 48.2 Å². The van der Waals surface area contributed by atoms with Crippen LogP contribution in [0.5, 0.6) is 0 Å². The lowest BCUT2D eigenvalue weighted by Gasteiger charge is -2.34. The fourth-order valence-electron chi connectivity index (χ4n) is 6.06. The second-order valence-corrected chi connectivity index (χ2v) is 12.6. The summed E-state index contributed by atoms with van der Waals surface area (Å²) in [4.78, 5) is 12.8. The Labute approximate surface area is 235 Å². The van der Waals surface area contributed by atoms with Crippen LogP contribution in [-0.4, -0.2) is 43.3 Å². The zero-order valence-electron chi connectivity index (χ0n) is 25.0. The Morgan fingerprint density at radius 1 is 0.846 bits per heavy atom. The van der Waals surface area contributed by atoms with Crippen LogP contribution in [0.25, 0.3) is 11.4 Å². The van der Waals surface area contributed by atoms with Crippen LogP contribution in [0, 0.1) is 0 Å². The van der Waals surface area contributed by atoms with Crippen LogP contribution < -0.4 is 0 Å². The van der Waals surface area contributed by atoms with Gasteiger partial charge in [-0.05, 0) is 89.1 Å². The van der Waals surface area contributed by atoms with E-state index in [1.165, 1.54) is 28.7 Å². The summed E-state index contributed by atoms with van der Waals surface area (Å²) in [5.41, 5.74) is 7.29. The third kappa shape index (κ3) is 7.13. The van der Waals surface area contributed by atoms with Crippen molar-refractivity contribution in [1.29, 1.82) is 0 Å². The highest BCUT2D eigenvalue weighted by molar-refractivity contribution is 5.66. The minimum Gasteiger partial charge on any atom is -0.390 e. The van der Waals surface area contributed by atoms with E-state index in [1.807, 2.05) is 27.7 Å². The van der Waals surface area contributed by atoms with Crippen LogP contribution in [0.2, 0.25) is 0 Å². The number of fused-ring (bicyclic) bond motifs is 1. The van der Waals surface area contributed by atoms with E-state index < -0.39 is 11.2 Å². The molecule has 210 valence electrons. The summed E-state index contributed by atoms with van der Waals surface area (Å²) >= 11 is 0. The first-order chi connectivity index (χ1) is 18.4. The predicted molar refractivity (Wildman–Crippen MR) is 160 cm³/mol. The van der Waals surface area contributed by atoms with E-state index in [4.69, 9.17) is 9.97 Å². The van der Waals surface area contributed by atoms with Crippen LogP contribution in [0.1, 0.15) is 99.6 Å². The number of hydrogen-bond donors (Lipinski definition) is 2. The summed E-state index contributed by atoms with van der Waals surface area (Å²) in [5.74, 6) is 0.706. The first-order valence-corrected chi connectivity index (χ1v) is 14.6. The highest BCUT2D eigenvalue weighted by atomic mass is 16.3. The smallest absolute Gasteiger partial charge is 0.160 e. The number of aliphatic hydroxyl groups is 2. The van der Waals surface area contributed by atoms with E-state index in [1.54, 1.807) is 0 Å². The molecule has 1 unspecified atom stereocenters. The Balaban J connectivity index is 1.87. The zero-order valence-corrected chi connectivity index (χ0v) is 25.0. The van der Waals surface area contributed by atoms with Gasteiger partial charge in [0.15, 0.2) is 5.82 Å². The molecule has 0 bridgehead atoms. The van der Waals surface area contributed by atoms with Crippen molar-refractivity contribution in [3.8, 4) is 11.4 Å². The Bertz CT molecular complexity index is 1230. The van der Waals surface area contributed by atoms with Gasteiger partial charge in [0.05, 0.1) is 22.6 Å². The molecule has 0 amide bonds. The van der Waals surface area contributed by atoms with Crippen LogP contribution in [0.3, 0.4) is 0 Å². The van der Waals surface area contributed by atoms with Crippen LogP contribution >= 0.6 is 0 Å². The maximum atomic E-state index is 11.0. The molecular weight excluding hydrogens is 482 g/mol. The Morgan fingerprint density at radius 2 is 1.41 bits per heavy atom. The number of hydrogen-bond acceptors (Lipinski definition) is 5. The molecule has 4 rings (SSSR count). The first-order valence-electron chi connectivity index (χ1n) is 14.6. The average molecular weight is 530 g/mol. The summed E-state index contributed by atoms with van der Waals surface area (Å²) in [7, 11) is 2.18. The fraction of sp³-hybridized carbons (Fsp3) is 0.529. The van der Waals surface area contributed by atoms with Gasteiger partial charge in [0, 0.05) is 36.6 Å². The van der Waals surface area contributed by atoms with Crippen molar-refractivity contribution in [3.63, 3.8) is 0 Å². The maximum Gasteiger partial charge on any atom is 0.160 e. The average Bonchev–Trinajstić information content (AvgIpc) is 2.87. The second kappa shape index (κ2) is 11.9. The van der Waals surface area contributed by atoms with Gasteiger partial charge in [-0.3, -0.25) is 4.90 Å². The maximum absolute atomic E-state index is 11.0. The molecule has 0 saturated carbocycles. The molecular formula is C34H47N3O2. The lowest BCUT2D eigenvalue weighted by atomic mass is 9.86. The highest BCUT2D eigenvalue weighted by Crippen LogP contribution is 2.36. The molecule has 0 saturated heterocycles. The van der Waals surface area contributed by atoms with Crippen molar-refractivity contribution in [2.24, 2.45) is 0 Å². The monoisotopic (exact) mass is 529 g/mol. The molecule has 1 heterocycles. The standard InChI is InChI=1S/C34H47N3O2/c1-8-23-15-12-16-24(9-2)31(23)32-35-28(20-33(3,4)38)27(29(36-32)21-34(5,6)39)22-37(7)30-19-13-17-25-14-10-11-18-26(25)30/h10-12,14-16,18,30,38-39H,8-9,13,17,19-22H2,1-7H3. The van der Waals surface area contributed by atoms with Crippen LogP contribution in [0.4, 0.5) is 0 Å². The van der Waals surface area contributed by atoms with E-state index in [-0.39, 0.29) is 0 Å². The van der Waals surface area contributed by atoms with Crippen molar-refractivity contribution in [1.82, 2.24) is 14.9 Å². The molecule has 1 aromatic heterocycles. The minimum atomic E-state index is -0.930. The molecule has 39 heavy (non-hydrogen) atoms. The molecule has 0 radical (unpaired) electrons. The largest absolute Gasteiger partial charge is 0.390 e. The van der Waals surface area contributed by atoms with E-state index in [2.05, 4.69) is 68.3 Å².